The quantitative estimate of drug-likeness (QED) is 0.621. The second kappa shape index (κ2) is 4.18. The van der Waals surface area contributed by atoms with Gasteiger partial charge in [0.05, 0.1) is 11.0 Å². The summed E-state index contributed by atoms with van der Waals surface area (Å²) in [5, 5.41) is 5.21. The Kier molecular flexibility index (Phi) is 2.93. The number of nitrogens with zero attached hydrogens (tertiary/aromatic N) is 1. The minimum atomic E-state index is 0.0763. The molecule has 0 radical (unpaired) electrons. The molecule has 0 saturated carbocycles. The van der Waals surface area contributed by atoms with E-state index in [1.807, 2.05) is 18.5 Å². The summed E-state index contributed by atoms with van der Waals surface area (Å²) in [6.45, 7) is 2.00. The standard InChI is InChI=1S/C9H11N3S2/c1-6-11-4-8(14-6)9(12-10)7-2-3-13-5-7/h2-5,9,12H,10H2,1H3. The van der Waals surface area contributed by atoms with E-state index in [4.69, 9.17) is 5.84 Å². The van der Waals surface area contributed by atoms with E-state index >= 15 is 0 Å². The number of aromatic nitrogens is 1. The first-order chi connectivity index (χ1) is 6.81. The summed E-state index contributed by atoms with van der Waals surface area (Å²) >= 11 is 3.34. The molecule has 2 heterocycles. The zero-order valence-corrected chi connectivity index (χ0v) is 9.36. The van der Waals surface area contributed by atoms with E-state index in [0.29, 0.717) is 0 Å². The molecular formula is C9H11N3S2. The Hall–Kier alpha value is -0.750. The molecule has 2 aromatic rings. The zero-order valence-electron chi connectivity index (χ0n) is 7.73. The van der Waals surface area contributed by atoms with Gasteiger partial charge < -0.3 is 0 Å². The maximum atomic E-state index is 5.54. The molecule has 0 aromatic carbocycles. The molecule has 0 aliphatic rings. The number of aryl methyl sites for hydroxylation is 1. The Labute approximate surface area is 90.6 Å². The third-order valence-electron chi connectivity index (χ3n) is 1.97. The zero-order chi connectivity index (χ0) is 9.97. The lowest BCUT2D eigenvalue weighted by atomic mass is 10.1. The van der Waals surface area contributed by atoms with Crippen LogP contribution < -0.4 is 11.3 Å². The van der Waals surface area contributed by atoms with Gasteiger partial charge in [-0.1, -0.05) is 0 Å². The summed E-state index contributed by atoms with van der Waals surface area (Å²) in [5.41, 5.74) is 4.01. The van der Waals surface area contributed by atoms with Crippen molar-refractivity contribution in [3.63, 3.8) is 0 Å². The second-order valence-electron chi connectivity index (χ2n) is 2.94. The minimum absolute atomic E-state index is 0.0763. The van der Waals surface area contributed by atoms with Crippen LogP contribution in [0.25, 0.3) is 0 Å². The molecule has 0 aliphatic heterocycles. The molecule has 2 aromatic heterocycles. The van der Waals surface area contributed by atoms with Crippen molar-refractivity contribution in [1.82, 2.24) is 10.4 Å². The fourth-order valence-corrected chi connectivity index (χ4v) is 2.85. The van der Waals surface area contributed by atoms with Gasteiger partial charge in [-0.15, -0.1) is 11.3 Å². The third kappa shape index (κ3) is 1.85. The van der Waals surface area contributed by atoms with Gasteiger partial charge in [0, 0.05) is 11.1 Å². The number of hydrazine groups is 1. The fourth-order valence-electron chi connectivity index (χ4n) is 1.29. The first-order valence-corrected chi connectivity index (χ1v) is 5.97. The highest BCUT2D eigenvalue weighted by atomic mass is 32.1. The minimum Gasteiger partial charge on any atom is -0.271 e. The van der Waals surface area contributed by atoms with Crippen molar-refractivity contribution in [3.8, 4) is 0 Å². The van der Waals surface area contributed by atoms with Crippen LogP contribution in [0.4, 0.5) is 0 Å². The molecule has 74 valence electrons. The Bertz CT molecular complexity index is 394. The van der Waals surface area contributed by atoms with E-state index < -0.39 is 0 Å². The number of nitrogens with one attached hydrogen (secondary N) is 1. The molecule has 3 N–H and O–H groups in total. The Morgan fingerprint density at radius 1 is 1.57 bits per heavy atom. The summed E-state index contributed by atoms with van der Waals surface area (Å²) in [6, 6.07) is 2.15. The van der Waals surface area contributed by atoms with E-state index in [-0.39, 0.29) is 6.04 Å². The van der Waals surface area contributed by atoms with Crippen molar-refractivity contribution in [3.05, 3.63) is 38.5 Å². The highest BCUT2D eigenvalue weighted by Gasteiger charge is 2.14. The van der Waals surface area contributed by atoms with Gasteiger partial charge in [0.2, 0.25) is 0 Å². The van der Waals surface area contributed by atoms with E-state index in [1.54, 1.807) is 22.7 Å². The molecule has 2 rings (SSSR count). The van der Waals surface area contributed by atoms with Gasteiger partial charge in [0.1, 0.15) is 0 Å². The summed E-state index contributed by atoms with van der Waals surface area (Å²) in [7, 11) is 0. The molecule has 14 heavy (non-hydrogen) atoms. The van der Waals surface area contributed by atoms with Gasteiger partial charge in [0.25, 0.3) is 0 Å². The average Bonchev–Trinajstić information content (AvgIpc) is 2.79. The largest absolute Gasteiger partial charge is 0.271 e. The highest BCUT2D eigenvalue weighted by molar-refractivity contribution is 7.11. The number of hydrogen-bond acceptors (Lipinski definition) is 5. The predicted octanol–water partition coefficient (Wildman–Crippen LogP) is 2.07. The van der Waals surface area contributed by atoms with Gasteiger partial charge in [0.15, 0.2) is 0 Å². The van der Waals surface area contributed by atoms with E-state index in [1.165, 1.54) is 5.56 Å². The average molecular weight is 225 g/mol. The SMILES string of the molecule is Cc1ncc(C(NN)c2ccsc2)s1. The summed E-state index contributed by atoms with van der Waals surface area (Å²) in [6.07, 6.45) is 1.88. The Morgan fingerprint density at radius 2 is 2.43 bits per heavy atom. The summed E-state index contributed by atoms with van der Waals surface area (Å²) in [5.74, 6) is 5.54. The first kappa shape index (κ1) is 9.79. The normalized spacial score (nSPS) is 13.0. The molecule has 0 saturated heterocycles. The smallest absolute Gasteiger partial charge is 0.0897 e. The van der Waals surface area contributed by atoms with Crippen LogP contribution in [-0.4, -0.2) is 4.98 Å². The monoisotopic (exact) mass is 225 g/mol. The van der Waals surface area contributed by atoms with Crippen LogP contribution in [-0.2, 0) is 0 Å². The van der Waals surface area contributed by atoms with Gasteiger partial charge in [-0.2, -0.15) is 11.3 Å². The molecule has 1 atom stereocenters. The van der Waals surface area contributed by atoms with Crippen molar-refractivity contribution in [1.29, 1.82) is 0 Å². The van der Waals surface area contributed by atoms with Crippen molar-refractivity contribution in [2.24, 2.45) is 5.84 Å². The fraction of sp³-hybridized carbons (Fsp3) is 0.222. The first-order valence-electron chi connectivity index (χ1n) is 4.22. The van der Waals surface area contributed by atoms with Crippen LogP contribution >= 0.6 is 22.7 Å². The molecule has 0 fully saturated rings. The van der Waals surface area contributed by atoms with Crippen LogP contribution in [0, 0.1) is 6.92 Å². The van der Waals surface area contributed by atoms with Crippen LogP contribution in [0.15, 0.2) is 23.0 Å². The van der Waals surface area contributed by atoms with E-state index in [0.717, 1.165) is 9.88 Å². The van der Waals surface area contributed by atoms with Gasteiger partial charge in [-0.25, -0.2) is 10.4 Å². The number of thiophene rings is 1. The van der Waals surface area contributed by atoms with Gasteiger partial charge >= 0.3 is 0 Å². The van der Waals surface area contributed by atoms with Crippen molar-refractivity contribution in [2.75, 3.05) is 0 Å². The lowest BCUT2D eigenvalue weighted by molar-refractivity contribution is 0.647. The number of hydrogen-bond donors (Lipinski definition) is 2. The molecule has 0 amide bonds. The van der Waals surface area contributed by atoms with E-state index in [9.17, 15) is 0 Å². The molecule has 0 bridgehead atoms. The van der Waals surface area contributed by atoms with Crippen molar-refractivity contribution in [2.45, 2.75) is 13.0 Å². The van der Waals surface area contributed by atoms with Gasteiger partial charge in [-0.05, 0) is 29.3 Å². The maximum Gasteiger partial charge on any atom is 0.0897 e. The lowest BCUT2D eigenvalue weighted by Gasteiger charge is -2.11. The predicted molar refractivity (Wildman–Crippen MR) is 60.3 cm³/mol. The Balaban J connectivity index is 2.31. The third-order valence-corrected chi connectivity index (χ3v) is 3.65. The number of thiazole rings is 1. The van der Waals surface area contributed by atoms with Crippen LogP contribution in [0.3, 0.4) is 0 Å². The lowest BCUT2D eigenvalue weighted by Crippen LogP contribution is -2.27. The summed E-state index contributed by atoms with van der Waals surface area (Å²) in [4.78, 5) is 5.38. The van der Waals surface area contributed by atoms with Crippen LogP contribution in [0.1, 0.15) is 21.5 Å². The van der Waals surface area contributed by atoms with Crippen LogP contribution in [0.2, 0.25) is 0 Å². The van der Waals surface area contributed by atoms with Gasteiger partial charge in [-0.3, -0.25) is 5.84 Å². The molecule has 3 nitrogen and oxygen atoms in total. The second-order valence-corrected chi connectivity index (χ2v) is 4.98. The topological polar surface area (TPSA) is 50.9 Å². The Morgan fingerprint density at radius 3 is 2.93 bits per heavy atom. The highest BCUT2D eigenvalue weighted by Crippen LogP contribution is 2.27. The number of rotatable bonds is 3. The summed E-state index contributed by atoms with van der Waals surface area (Å²) < 4.78 is 0. The van der Waals surface area contributed by atoms with Crippen molar-refractivity contribution >= 4 is 22.7 Å². The van der Waals surface area contributed by atoms with Crippen LogP contribution in [0.5, 0.6) is 0 Å². The molecule has 0 aliphatic carbocycles. The molecule has 1 unspecified atom stereocenters. The molecular weight excluding hydrogens is 214 g/mol. The molecule has 5 heteroatoms. The number of nitrogens with two attached hydrogens (primary N) is 1. The van der Waals surface area contributed by atoms with E-state index in [2.05, 4.69) is 21.9 Å². The van der Waals surface area contributed by atoms with Crippen molar-refractivity contribution < 1.29 is 0 Å². The molecule has 0 spiro atoms. The maximum absolute atomic E-state index is 5.54.